The van der Waals surface area contributed by atoms with Gasteiger partial charge in [0.25, 0.3) is 0 Å². The molecule has 2 N–H and O–H groups in total. The Morgan fingerprint density at radius 1 is 1.36 bits per heavy atom. The summed E-state index contributed by atoms with van der Waals surface area (Å²) in [6, 6.07) is 3.74. The number of nitrogens with one attached hydrogen (secondary N) is 1. The number of halogens is 2. The third-order valence-corrected chi connectivity index (χ3v) is 1.80. The molecule has 2 nitrogen and oxygen atoms in total. The Kier molecular flexibility index (Phi) is 3.98. The maximum atomic E-state index is 13.0. The number of rotatable bonds is 4. The maximum Gasteiger partial charge on any atom is 0.130 e. The molecule has 0 aliphatic carbocycles. The normalized spacial score (nSPS) is 12.9. The number of benzene rings is 1. The Bertz CT molecular complexity index is 282. The zero-order chi connectivity index (χ0) is 10.6. The highest BCUT2D eigenvalue weighted by atomic mass is 19.1. The van der Waals surface area contributed by atoms with Gasteiger partial charge in [0.05, 0.1) is 6.10 Å². The SMILES string of the molecule is C[C@@H](O)CNCc1c(F)cccc1F. The Morgan fingerprint density at radius 2 is 1.93 bits per heavy atom. The molecule has 1 atom stereocenters. The molecule has 4 heteroatoms. The van der Waals surface area contributed by atoms with E-state index >= 15 is 0 Å². The van der Waals surface area contributed by atoms with Crippen molar-refractivity contribution in [1.29, 1.82) is 0 Å². The first-order valence-corrected chi connectivity index (χ1v) is 4.43. The molecule has 0 fully saturated rings. The Morgan fingerprint density at radius 3 is 2.43 bits per heavy atom. The average Bonchev–Trinajstić information content (AvgIpc) is 2.09. The fourth-order valence-electron chi connectivity index (χ4n) is 1.11. The van der Waals surface area contributed by atoms with Gasteiger partial charge in [-0.05, 0) is 19.1 Å². The standard InChI is InChI=1S/C10H13F2NO/c1-7(14)5-13-6-8-9(11)3-2-4-10(8)12/h2-4,7,13-14H,5-6H2,1H3/t7-/m1/s1. The number of aliphatic hydroxyl groups excluding tert-OH is 1. The number of hydrogen-bond donors (Lipinski definition) is 2. The van der Waals surface area contributed by atoms with E-state index in [-0.39, 0.29) is 12.1 Å². The minimum atomic E-state index is -0.567. The van der Waals surface area contributed by atoms with E-state index in [4.69, 9.17) is 5.11 Å². The van der Waals surface area contributed by atoms with Gasteiger partial charge in [0.2, 0.25) is 0 Å². The predicted octanol–water partition coefficient (Wildman–Crippen LogP) is 1.44. The van der Waals surface area contributed by atoms with Crippen LogP contribution in [0, 0.1) is 11.6 Å². The van der Waals surface area contributed by atoms with Crippen LogP contribution in [0.4, 0.5) is 8.78 Å². The molecular formula is C10H13F2NO. The molecule has 1 rings (SSSR count). The smallest absolute Gasteiger partial charge is 0.130 e. The molecule has 0 aliphatic heterocycles. The molecule has 14 heavy (non-hydrogen) atoms. The van der Waals surface area contributed by atoms with Gasteiger partial charge in [-0.1, -0.05) is 6.07 Å². The minimum absolute atomic E-state index is 0.00755. The lowest BCUT2D eigenvalue weighted by Gasteiger charge is -2.08. The van der Waals surface area contributed by atoms with Gasteiger partial charge < -0.3 is 10.4 Å². The van der Waals surface area contributed by atoms with Gasteiger partial charge in [0.15, 0.2) is 0 Å². The second kappa shape index (κ2) is 5.02. The highest BCUT2D eigenvalue weighted by Gasteiger charge is 2.07. The predicted molar refractivity (Wildman–Crippen MR) is 49.7 cm³/mol. The summed E-state index contributed by atoms with van der Waals surface area (Å²) in [7, 11) is 0. The largest absolute Gasteiger partial charge is 0.392 e. The van der Waals surface area contributed by atoms with Crippen LogP contribution in [0.1, 0.15) is 12.5 Å². The van der Waals surface area contributed by atoms with Gasteiger partial charge >= 0.3 is 0 Å². The van der Waals surface area contributed by atoms with E-state index in [1.54, 1.807) is 6.92 Å². The van der Waals surface area contributed by atoms with Crippen LogP contribution in [0.3, 0.4) is 0 Å². The lowest BCUT2D eigenvalue weighted by molar-refractivity contribution is 0.190. The van der Waals surface area contributed by atoms with Gasteiger partial charge in [0, 0.05) is 18.7 Å². The number of hydrogen-bond acceptors (Lipinski definition) is 2. The van der Waals surface area contributed by atoms with Crippen LogP contribution >= 0.6 is 0 Å². The molecule has 78 valence electrons. The van der Waals surface area contributed by atoms with Crippen molar-refractivity contribution in [2.24, 2.45) is 0 Å². The van der Waals surface area contributed by atoms with Crippen LogP contribution in [-0.2, 0) is 6.54 Å². The molecule has 0 saturated carbocycles. The van der Waals surface area contributed by atoms with E-state index in [9.17, 15) is 8.78 Å². The quantitative estimate of drug-likeness (QED) is 0.772. The lowest BCUT2D eigenvalue weighted by Crippen LogP contribution is -2.24. The fourth-order valence-corrected chi connectivity index (χ4v) is 1.11. The summed E-state index contributed by atoms with van der Waals surface area (Å²) in [5, 5.41) is 11.7. The minimum Gasteiger partial charge on any atom is -0.392 e. The molecule has 1 aromatic rings. The van der Waals surface area contributed by atoms with Gasteiger partial charge in [-0.25, -0.2) is 8.78 Å². The van der Waals surface area contributed by atoms with Gasteiger partial charge in [-0.15, -0.1) is 0 Å². The molecule has 0 bridgehead atoms. The number of aliphatic hydroxyl groups is 1. The van der Waals surface area contributed by atoms with Crippen LogP contribution in [0.2, 0.25) is 0 Å². The first-order chi connectivity index (χ1) is 6.61. The second-order valence-electron chi connectivity index (χ2n) is 3.18. The molecule has 0 aliphatic rings. The molecule has 0 saturated heterocycles. The van der Waals surface area contributed by atoms with Crippen molar-refractivity contribution in [2.45, 2.75) is 19.6 Å². The van der Waals surface area contributed by atoms with Crippen molar-refractivity contribution in [3.8, 4) is 0 Å². The molecule has 0 radical (unpaired) electrons. The van der Waals surface area contributed by atoms with E-state index in [1.165, 1.54) is 18.2 Å². The Balaban J connectivity index is 2.58. The van der Waals surface area contributed by atoms with E-state index in [1.807, 2.05) is 0 Å². The summed E-state index contributed by atoms with van der Waals surface area (Å²) in [6.07, 6.45) is -0.523. The Labute approximate surface area is 81.6 Å². The average molecular weight is 201 g/mol. The lowest BCUT2D eigenvalue weighted by atomic mass is 10.2. The van der Waals surface area contributed by atoms with Crippen molar-refractivity contribution in [3.05, 3.63) is 35.4 Å². The summed E-state index contributed by atoms with van der Waals surface area (Å²) in [6.45, 7) is 2.00. The van der Waals surface area contributed by atoms with Crippen LogP contribution in [0.25, 0.3) is 0 Å². The van der Waals surface area contributed by atoms with Crippen molar-refractivity contribution in [2.75, 3.05) is 6.54 Å². The second-order valence-corrected chi connectivity index (χ2v) is 3.18. The molecule has 0 amide bonds. The maximum absolute atomic E-state index is 13.0. The van der Waals surface area contributed by atoms with Crippen LogP contribution < -0.4 is 5.32 Å². The van der Waals surface area contributed by atoms with Crippen LogP contribution in [0.15, 0.2) is 18.2 Å². The van der Waals surface area contributed by atoms with Crippen LogP contribution in [-0.4, -0.2) is 17.8 Å². The van der Waals surface area contributed by atoms with E-state index in [0.717, 1.165) is 0 Å². The third-order valence-electron chi connectivity index (χ3n) is 1.80. The molecule has 0 heterocycles. The molecule has 0 aromatic heterocycles. The highest BCUT2D eigenvalue weighted by molar-refractivity contribution is 5.19. The highest BCUT2D eigenvalue weighted by Crippen LogP contribution is 2.11. The van der Waals surface area contributed by atoms with Crippen molar-refractivity contribution in [1.82, 2.24) is 5.32 Å². The monoisotopic (exact) mass is 201 g/mol. The molecular weight excluding hydrogens is 188 g/mol. The summed E-state index contributed by atoms with van der Waals surface area (Å²) < 4.78 is 26.1. The first-order valence-electron chi connectivity index (χ1n) is 4.43. The summed E-state index contributed by atoms with van der Waals surface area (Å²) >= 11 is 0. The third kappa shape index (κ3) is 3.05. The van der Waals surface area contributed by atoms with Crippen molar-refractivity contribution < 1.29 is 13.9 Å². The zero-order valence-corrected chi connectivity index (χ0v) is 7.93. The van der Waals surface area contributed by atoms with Gasteiger partial charge in [0.1, 0.15) is 11.6 Å². The van der Waals surface area contributed by atoms with Gasteiger partial charge in [-0.3, -0.25) is 0 Å². The molecule has 0 unspecified atom stereocenters. The van der Waals surface area contributed by atoms with Crippen LogP contribution in [0.5, 0.6) is 0 Å². The first kappa shape index (κ1) is 11.1. The zero-order valence-electron chi connectivity index (χ0n) is 7.93. The van der Waals surface area contributed by atoms with E-state index in [2.05, 4.69) is 5.32 Å². The molecule has 1 aromatic carbocycles. The van der Waals surface area contributed by atoms with E-state index < -0.39 is 17.7 Å². The van der Waals surface area contributed by atoms with E-state index in [0.29, 0.717) is 6.54 Å². The Hall–Kier alpha value is -1.00. The van der Waals surface area contributed by atoms with Crippen molar-refractivity contribution >= 4 is 0 Å². The fraction of sp³-hybridized carbons (Fsp3) is 0.400. The summed E-state index contributed by atoms with van der Waals surface area (Å²) in [4.78, 5) is 0. The summed E-state index contributed by atoms with van der Waals surface area (Å²) in [5.74, 6) is -1.13. The van der Waals surface area contributed by atoms with Gasteiger partial charge in [-0.2, -0.15) is 0 Å². The molecule has 0 spiro atoms. The van der Waals surface area contributed by atoms with Crippen molar-refractivity contribution in [3.63, 3.8) is 0 Å². The topological polar surface area (TPSA) is 32.3 Å². The summed E-state index contributed by atoms with van der Waals surface area (Å²) in [5.41, 5.74) is 0.00755.